The second-order valence-electron chi connectivity index (χ2n) is 7.07. The number of hydrogen-bond donors (Lipinski definition) is 1. The van der Waals surface area contributed by atoms with Crippen LogP contribution in [0.25, 0.3) is 0 Å². The molecule has 1 N–H and O–H groups in total. The van der Waals surface area contributed by atoms with Gasteiger partial charge in [-0.05, 0) is 50.0 Å². The molecule has 0 aromatic rings. The first kappa shape index (κ1) is 13.4. The third-order valence-electron chi connectivity index (χ3n) is 4.71. The van der Waals surface area contributed by atoms with Crippen LogP contribution in [0.4, 0.5) is 0 Å². The Kier molecular flexibility index (Phi) is 3.84. The van der Waals surface area contributed by atoms with E-state index in [0.29, 0.717) is 11.5 Å². The number of nitrogens with zero attached hydrogens (tertiary/aromatic N) is 1. The van der Waals surface area contributed by atoms with Gasteiger partial charge >= 0.3 is 0 Å². The normalized spacial score (nSPS) is 35.3. The van der Waals surface area contributed by atoms with Crippen molar-refractivity contribution < 1.29 is 5.11 Å². The minimum Gasteiger partial charge on any atom is -0.393 e. The van der Waals surface area contributed by atoms with Crippen molar-refractivity contribution in [1.82, 2.24) is 4.90 Å². The fraction of sp³-hybridized carbons (Fsp3) is 1.00. The van der Waals surface area contributed by atoms with Gasteiger partial charge in [-0.2, -0.15) is 0 Å². The molecule has 0 bridgehead atoms. The van der Waals surface area contributed by atoms with E-state index in [4.69, 9.17) is 0 Å². The van der Waals surface area contributed by atoms with E-state index in [1.807, 2.05) is 0 Å². The summed E-state index contributed by atoms with van der Waals surface area (Å²) in [5.41, 5.74) is 0.368. The first-order valence-electron chi connectivity index (χ1n) is 7.37. The number of aliphatic hydroxyl groups excluding tert-OH is 1. The topological polar surface area (TPSA) is 23.5 Å². The molecule has 0 heterocycles. The Labute approximate surface area is 106 Å². The first-order chi connectivity index (χ1) is 7.93. The Balaban J connectivity index is 2.12. The van der Waals surface area contributed by atoms with E-state index in [9.17, 15) is 5.11 Å². The second-order valence-corrected chi connectivity index (χ2v) is 7.07. The van der Waals surface area contributed by atoms with Crippen molar-refractivity contribution in [2.45, 2.75) is 78.0 Å². The predicted molar refractivity (Wildman–Crippen MR) is 72.0 cm³/mol. The Morgan fingerprint density at radius 1 is 1.12 bits per heavy atom. The molecule has 2 saturated carbocycles. The van der Waals surface area contributed by atoms with Crippen LogP contribution in [0.2, 0.25) is 0 Å². The Bertz CT molecular complexity index is 254. The summed E-state index contributed by atoms with van der Waals surface area (Å²) in [6.07, 6.45) is 5.87. The van der Waals surface area contributed by atoms with Gasteiger partial charge in [-0.1, -0.05) is 27.7 Å². The van der Waals surface area contributed by atoms with Gasteiger partial charge in [-0.25, -0.2) is 0 Å². The highest BCUT2D eigenvalue weighted by atomic mass is 16.3. The van der Waals surface area contributed by atoms with E-state index in [0.717, 1.165) is 31.3 Å². The summed E-state index contributed by atoms with van der Waals surface area (Å²) in [7, 11) is 0. The quantitative estimate of drug-likeness (QED) is 0.818. The van der Waals surface area contributed by atoms with E-state index in [2.05, 4.69) is 32.6 Å². The van der Waals surface area contributed by atoms with Gasteiger partial charge < -0.3 is 5.11 Å². The highest BCUT2D eigenvalue weighted by Gasteiger charge is 2.43. The van der Waals surface area contributed by atoms with Crippen molar-refractivity contribution in [3.05, 3.63) is 0 Å². The average molecular weight is 239 g/mol. The molecule has 2 fully saturated rings. The van der Waals surface area contributed by atoms with Crippen LogP contribution in [0, 0.1) is 11.3 Å². The molecule has 3 unspecified atom stereocenters. The zero-order chi connectivity index (χ0) is 12.6. The van der Waals surface area contributed by atoms with Gasteiger partial charge in [0.1, 0.15) is 0 Å². The fourth-order valence-electron chi connectivity index (χ4n) is 3.67. The summed E-state index contributed by atoms with van der Waals surface area (Å²) in [6.45, 7) is 10.5. The molecule has 2 aliphatic rings. The standard InChI is InChI=1S/C15H29NO/c1-5-16(11-6-7-11)14-10-12(17)8-9-13(14)15(2,3)4/h11-14,17H,5-10H2,1-4H3. The van der Waals surface area contributed by atoms with Gasteiger partial charge in [-0.3, -0.25) is 4.90 Å². The van der Waals surface area contributed by atoms with Crippen LogP contribution < -0.4 is 0 Å². The van der Waals surface area contributed by atoms with Gasteiger partial charge in [0.15, 0.2) is 0 Å². The Morgan fingerprint density at radius 2 is 1.76 bits per heavy atom. The molecule has 17 heavy (non-hydrogen) atoms. The minimum absolute atomic E-state index is 0.0635. The van der Waals surface area contributed by atoms with Gasteiger partial charge in [0.25, 0.3) is 0 Å². The molecule has 2 rings (SSSR count). The summed E-state index contributed by atoms with van der Waals surface area (Å²) < 4.78 is 0. The van der Waals surface area contributed by atoms with Crippen LogP contribution >= 0.6 is 0 Å². The van der Waals surface area contributed by atoms with Gasteiger partial charge in [-0.15, -0.1) is 0 Å². The van der Waals surface area contributed by atoms with Crippen LogP contribution in [0.1, 0.15) is 59.8 Å². The maximum atomic E-state index is 9.98. The Morgan fingerprint density at radius 3 is 2.24 bits per heavy atom. The van der Waals surface area contributed by atoms with E-state index >= 15 is 0 Å². The summed E-state index contributed by atoms with van der Waals surface area (Å²) in [6, 6.07) is 1.43. The summed E-state index contributed by atoms with van der Waals surface area (Å²) >= 11 is 0. The Hall–Kier alpha value is -0.0800. The molecule has 0 aromatic heterocycles. The van der Waals surface area contributed by atoms with Crippen molar-refractivity contribution in [2.24, 2.45) is 11.3 Å². The fourth-order valence-corrected chi connectivity index (χ4v) is 3.67. The van der Waals surface area contributed by atoms with Crippen molar-refractivity contribution in [3.63, 3.8) is 0 Å². The molecule has 2 nitrogen and oxygen atoms in total. The third-order valence-corrected chi connectivity index (χ3v) is 4.71. The van der Waals surface area contributed by atoms with Crippen LogP contribution in [0.15, 0.2) is 0 Å². The van der Waals surface area contributed by atoms with Crippen molar-refractivity contribution in [3.8, 4) is 0 Å². The second kappa shape index (κ2) is 4.89. The molecule has 2 heteroatoms. The van der Waals surface area contributed by atoms with Crippen molar-refractivity contribution in [1.29, 1.82) is 0 Å². The highest BCUT2D eigenvalue weighted by molar-refractivity contribution is 4.97. The van der Waals surface area contributed by atoms with Gasteiger partial charge in [0, 0.05) is 12.1 Å². The lowest BCUT2D eigenvalue weighted by Gasteiger charge is -2.47. The largest absolute Gasteiger partial charge is 0.393 e. The summed E-state index contributed by atoms with van der Waals surface area (Å²) in [5.74, 6) is 0.742. The first-order valence-corrected chi connectivity index (χ1v) is 7.37. The van der Waals surface area contributed by atoms with Crippen LogP contribution in [0.3, 0.4) is 0 Å². The molecule has 0 amide bonds. The van der Waals surface area contributed by atoms with Crippen molar-refractivity contribution in [2.75, 3.05) is 6.54 Å². The molecular formula is C15H29NO. The number of rotatable bonds is 3. The molecule has 0 aliphatic heterocycles. The van der Waals surface area contributed by atoms with E-state index < -0.39 is 0 Å². The SMILES string of the molecule is CCN(C1CC1)C1CC(O)CCC1C(C)(C)C. The van der Waals surface area contributed by atoms with Crippen LogP contribution in [0.5, 0.6) is 0 Å². The molecule has 0 aromatic carbocycles. The molecule has 3 atom stereocenters. The lowest BCUT2D eigenvalue weighted by atomic mass is 9.68. The molecule has 100 valence electrons. The minimum atomic E-state index is -0.0635. The smallest absolute Gasteiger partial charge is 0.0555 e. The maximum absolute atomic E-state index is 9.98. The summed E-state index contributed by atoms with van der Waals surface area (Å²) in [5, 5.41) is 9.98. The molecule has 0 spiro atoms. The number of aliphatic hydroxyl groups is 1. The summed E-state index contributed by atoms with van der Waals surface area (Å²) in [4.78, 5) is 2.68. The third kappa shape index (κ3) is 3.03. The highest BCUT2D eigenvalue weighted by Crippen LogP contribution is 2.43. The van der Waals surface area contributed by atoms with Gasteiger partial charge in [0.2, 0.25) is 0 Å². The average Bonchev–Trinajstić information content (AvgIpc) is 3.01. The van der Waals surface area contributed by atoms with Gasteiger partial charge in [0.05, 0.1) is 6.10 Å². The van der Waals surface area contributed by atoms with Crippen LogP contribution in [-0.4, -0.2) is 34.7 Å². The monoisotopic (exact) mass is 239 g/mol. The van der Waals surface area contributed by atoms with Crippen LogP contribution in [-0.2, 0) is 0 Å². The molecular weight excluding hydrogens is 210 g/mol. The van der Waals surface area contributed by atoms with Crippen molar-refractivity contribution >= 4 is 0 Å². The maximum Gasteiger partial charge on any atom is 0.0555 e. The lowest BCUT2D eigenvalue weighted by molar-refractivity contribution is -0.0130. The number of hydrogen-bond acceptors (Lipinski definition) is 2. The predicted octanol–water partition coefficient (Wildman–Crippen LogP) is 3.05. The lowest BCUT2D eigenvalue weighted by Crippen LogP contribution is -2.50. The zero-order valence-corrected chi connectivity index (χ0v) is 11.9. The zero-order valence-electron chi connectivity index (χ0n) is 11.9. The van der Waals surface area contributed by atoms with E-state index in [1.54, 1.807) is 0 Å². The molecule has 2 aliphatic carbocycles. The van der Waals surface area contributed by atoms with E-state index in [1.165, 1.54) is 19.3 Å². The molecule has 0 radical (unpaired) electrons. The molecule has 0 saturated heterocycles. The van der Waals surface area contributed by atoms with E-state index in [-0.39, 0.29) is 6.10 Å².